The maximum atomic E-state index is 13.1. The monoisotopic (exact) mass is 414 g/mol. The molecule has 2 aromatic carbocycles. The van der Waals surface area contributed by atoms with E-state index >= 15 is 0 Å². The Bertz CT molecular complexity index is 966. The molecule has 0 N–H and O–H groups in total. The minimum atomic E-state index is -3.56. The van der Waals surface area contributed by atoms with Gasteiger partial charge in [-0.2, -0.15) is 4.31 Å². The van der Waals surface area contributed by atoms with E-state index in [2.05, 4.69) is 0 Å². The zero-order chi connectivity index (χ0) is 20.5. The number of sulfonamides is 1. The summed E-state index contributed by atoms with van der Waals surface area (Å²) in [6.45, 7) is 2.10. The third kappa shape index (κ3) is 3.76. The van der Waals surface area contributed by atoms with Crippen LogP contribution >= 0.6 is 0 Å². The molecule has 2 aromatic rings. The van der Waals surface area contributed by atoms with Crippen LogP contribution in [-0.4, -0.2) is 50.3 Å². The van der Waals surface area contributed by atoms with Gasteiger partial charge in [-0.05, 0) is 49.1 Å². The second-order valence-electron chi connectivity index (χ2n) is 7.82. The molecular weight excluding hydrogens is 388 g/mol. The first-order valence-corrected chi connectivity index (χ1v) is 11.4. The maximum absolute atomic E-state index is 13.1. The molecule has 0 saturated carbocycles. The fourth-order valence-electron chi connectivity index (χ4n) is 4.36. The van der Waals surface area contributed by atoms with Crippen LogP contribution in [0, 0.1) is 5.41 Å². The predicted molar refractivity (Wildman–Crippen MR) is 110 cm³/mol. The van der Waals surface area contributed by atoms with Crippen molar-refractivity contribution in [3.05, 3.63) is 60.2 Å². The van der Waals surface area contributed by atoms with E-state index < -0.39 is 15.4 Å². The summed E-state index contributed by atoms with van der Waals surface area (Å²) in [7, 11) is -2.01. The molecule has 6 nitrogen and oxygen atoms in total. The van der Waals surface area contributed by atoms with Gasteiger partial charge >= 0.3 is 0 Å². The molecule has 1 spiro atoms. The number of carbonyl (C=O) groups is 1. The van der Waals surface area contributed by atoms with E-state index in [0.717, 1.165) is 18.5 Å². The highest BCUT2D eigenvalue weighted by atomic mass is 32.2. The Morgan fingerprint density at radius 3 is 2.17 bits per heavy atom. The van der Waals surface area contributed by atoms with Crippen LogP contribution in [0.3, 0.4) is 0 Å². The van der Waals surface area contributed by atoms with Crippen molar-refractivity contribution < 1.29 is 17.9 Å². The van der Waals surface area contributed by atoms with Gasteiger partial charge in [0.05, 0.1) is 17.4 Å². The first-order chi connectivity index (χ1) is 13.9. The number of hydrogen-bond acceptors (Lipinski definition) is 4. The van der Waals surface area contributed by atoms with E-state index in [9.17, 15) is 13.2 Å². The van der Waals surface area contributed by atoms with Gasteiger partial charge in [-0.15, -0.1) is 0 Å². The van der Waals surface area contributed by atoms with Crippen molar-refractivity contribution in [3.8, 4) is 5.75 Å². The number of hydrogen-bond donors (Lipinski definition) is 0. The topological polar surface area (TPSA) is 66.9 Å². The van der Waals surface area contributed by atoms with Gasteiger partial charge in [0, 0.05) is 26.2 Å². The molecule has 0 atom stereocenters. The van der Waals surface area contributed by atoms with Gasteiger partial charge in [0.2, 0.25) is 15.9 Å². The smallest absolute Gasteiger partial charge is 0.243 e. The number of carbonyl (C=O) groups excluding carboxylic acids is 1. The third-order valence-electron chi connectivity index (χ3n) is 6.19. The Morgan fingerprint density at radius 2 is 1.55 bits per heavy atom. The molecule has 4 rings (SSSR count). The number of benzene rings is 2. The zero-order valence-electron chi connectivity index (χ0n) is 16.6. The average Bonchev–Trinajstić information content (AvgIpc) is 3.04. The number of methoxy groups -OCH3 is 1. The molecule has 7 heteroatoms. The highest BCUT2D eigenvalue weighted by Gasteiger charge is 2.49. The maximum Gasteiger partial charge on any atom is 0.243 e. The molecule has 0 unspecified atom stereocenters. The molecule has 2 fully saturated rings. The van der Waals surface area contributed by atoms with E-state index in [1.165, 1.54) is 4.31 Å². The molecule has 29 heavy (non-hydrogen) atoms. The summed E-state index contributed by atoms with van der Waals surface area (Å²) in [5.74, 6) is 0.791. The summed E-state index contributed by atoms with van der Waals surface area (Å²) >= 11 is 0. The second-order valence-corrected chi connectivity index (χ2v) is 9.76. The van der Waals surface area contributed by atoms with Crippen LogP contribution in [-0.2, 0) is 21.4 Å². The van der Waals surface area contributed by atoms with Crippen LogP contribution in [0.15, 0.2) is 59.5 Å². The Hall–Kier alpha value is -2.38. The lowest BCUT2D eigenvalue weighted by Gasteiger charge is -2.37. The first kappa shape index (κ1) is 19.9. The largest absolute Gasteiger partial charge is 0.497 e. The van der Waals surface area contributed by atoms with Crippen molar-refractivity contribution >= 4 is 15.9 Å². The molecule has 0 radical (unpaired) electrons. The Labute approximate surface area is 172 Å². The van der Waals surface area contributed by atoms with Gasteiger partial charge < -0.3 is 9.64 Å². The molecule has 1 amide bonds. The van der Waals surface area contributed by atoms with Crippen molar-refractivity contribution in [1.82, 2.24) is 9.21 Å². The standard InChI is InChI=1S/C22H26N2O4S/c1-28-19-7-9-20(10-8-19)29(26,27)24-15-12-22(13-16-24)11-14-23(21(22)25)17-18-5-3-2-4-6-18/h2-10H,11-17H2,1H3. The number of amides is 1. The summed E-state index contributed by atoms with van der Waals surface area (Å²) in [6, 6.07) is 16.4. The molecule has 2 aliphatic rings. The number of nitrogens with zero attached hydrogens (tertiary/aromatic N) is 2. The molecule has 0 bridgehead atoms. The van der Waals surface area contributed by atoms with Crippen LogP contribution in [0.25, 0.3) is 0 Å². The summed E-state index contributed by atoms with van der Waals surface area (Å²) in [5, 5.41) is 0. The lowest BCUT2D eigenvalue weighted by molar-refractivity contribution is -0.138. The lowest BCUT2D eigenvalue weighted by atomic mass is 9.77. The van der Waals surface area contributed by atoms with Crippen molar-refractivity contribution in [1.29, 1.82) is 0 Å². The van der Waals surface area contributed by atoms with Crippen molar-refractivity contribution in [2.24, 2.45) is 5.41 Å². The Kier molecular flexibility index (Phi) is 5.36. The van der Waals surface area contributed by atoms with Crippen LogP contribution < -0.4 is 4.74 Å². The molecule has 0 aliphatic carbocycles. The number of ether oxygens (including phenoxy) is 1. The number of likely N-dealkylation sites (tertiary alicyclic amines) is 1. The van der Waals surface area contributed by atoms with Crippen molar-refractivity contribution in [3.63, 3.8) is 0 Å². The van der Waals surface area contributed by atoms with Crippen LogP contribution in [0.1, 0.15) is 24.8 Å². The summed E-state index contributed by atoms with van der Waals surface area (Å²) in [6.07, 6.45) is 1.95. The van der Waals surface area contributed by atoms with Crippen molar-refractivity contribution in [2.75, 3.05) is 26.7 Å². The molecule has 154 valence electrons. The molecule has 2 aliphatic heterocycles. The third-order valence-corrected chi connectivity index (χ3v) is 8.11. The van der Waals surface area contributed by atoms with Gasteiger partial charge in [0.1, 0.15) is 5.75 Å². The van der Waals surface area contributed by atoms with Gasteiger partial charge in [0.15, 0.2) is 0 Å². The van der Waals surface area contributed by atoms with E-state index in [1.807, 2.05) is 35.2 Å². The van der Waals surface area contributed by atoms with Gasteiger partial charge in [0.25, 0.3) is 0 Å². The minimum absolute atomic E-state index is 0.169. The molecule has 2 heterocycles. The van der Waals surface area contributed by atoms with Crippen LogP contribution in [0.5, 0.6) is 5.75 Å². The van der Waals surface area contributed by atoms with Gasteiger partial charge in [-0.1, -0.05) is 30.3 Å². The van der Waals surface area contributed by atoms with Crippen molar-refractivity contribution in [2.45, 2.75) is 30.7 Å². The first-order valence-electron chi connectivity index (χ1n) is 9.92. The summed E-state index contributed by atoms with van der Waals surface area (Å²) in [5.41, 5.74) is 0.707. The van der Waals surface area contributed by atoms with Gasteiger partial charge in [-0.25, -0.2) is 8.42 Å². The normalized spacial score (nSPS) is 19.6. The number of piperidine rings is 1. The quantitative estimate of drug-likeness (QED) is 0.755. The average molecular weight is 415 g/mol. The van der Waals surface area contributed by atoms with E-state index in [1.54, 1.807) is 31.4 Å². The highest BCUT2D eigenvalue weighted by molar-refractivity contribution is 7.89. The van der Waals surface area contributed by atoms with E-state index in [4.69, 9.17) is 4.74 Å². The summed E-state index contributed by atoms with van der Waals surface area (Å²) < 4.78 is 32.5. The summed E-state index contributed by atoms with van der Waals surface area (Å²) in [4.78, 5) is 15.3. The molecular formula is C22H26N2O4S. The highest BCUT2D eigenvalue weighted by Crippen LogP contribution is 2.43. The predicted octanol–water partition coefficient (Wildman–Crippen LogP) is 2.90. The van der Waals surface area contributed by atoms with Crippen LogP contribution in [0.4, 0.5) is 0 Å². The Morgan fingerprint density at radius 1 is 0.931 bits per heavy atom. The van der Waals surface area contributed by atoms with Gasteiger partial charge in [-0.3, -0.25) is 4.79 Å². The van der Waals surface area contributed by atoms with E-state index in [-0.39, 0.29) is 10.8 Å². The molecule has 0 aromatic heterocycles. The van der Waals surface area contributed by atoms with Crippen LogP contribution in [0.2, 0.25) is 0 Å². The fourth-order valence-corrected chi connectivity index (χ4v) is 5.80. The molecule has 2 saturated heterocycles. The second kappa shape index (κ2) is 7.80. The lowest BCUT2D eigenvalue weighted by Crippen LogP contribution is -2.46. The minimum Gasteiger partial charge on any atom is -0.497 e. The SMILES string of the molecule is COc1ccc(S(=O)(=O)N2CCC3(CCN(Cc4ccccc4)C3=O)CC2)cc1. The van der Waals surface area contributed by atoms with E-state index in [0.29, 0.717) is 38.2 Å². The number of rotatable bonds is 5. The fraction of sp³-hybridized carbons (Fsp3) is 0.409. The Balaban J connectivity index is 1.42. The zero-order valence-corrected chi connectivity index (χ0v) is 17.4.